The summed E-state index contributed by atoms with van der Waals surface area (Å²) in [6, 6.07) is 8.65. The van der Waals surface area contributed by atoms with Crippen molar-refractivity contribution in [1.29, 1.82) is 0 Å². The van der Waals surface area contributed by atoms with Crippen molar-refractivity contribution in [2.45, 2.75) is 53.1 Å². The van der Waals surface area contributed by atoms with Crippen LogP contribution in [0.25, 0.3) is 17.2 Å². The molecule has 5 nitrogen and oxygen atoms in total. The molecular formula is C23H31N3O2. The predicted octanol–water partition coefficient (Wildman–Crippen LogP) is 5.12. The molecule has 1 fully saturated rings. The van der Waals surface area contributed by atoms with Gasteiger partial charge in [-0.05, 0) is 58.6 Å². The summed E-state index contributed by atoms with van der Waals surface area (Å²) in [5.74, 6) is 0. The summed E-state index contributed by atoms with van der Waals surface area (Å²) in [5, 5.41) is 4.51. The number of nitrogens with zero attached hydrogens (tertiary/aromatic N) is 3. The summed E-state index contributed by atoms with van der Waals surface area (Å²) < 4.78 is 7.40. The van der Waals surface area contributed by atoms with Gasteiger partial charge in [0.25, 0.3) is 0 Å². The second kappa shape index (κ2) is 7.82. The van der Waals surface area contributed by atoms with Crippen LogP contribution in [0.3, 0.4) is 0 Å². The molecule has 1 amide bonds. The van der Waals surface area contributed by atoms with Gasteiger partial charge >= 0.3 is 6.09 Å². The van der Waals surface area contributed by atoms with E-state index in [1.54, 1.807) is 4.90 Å². The monoisotopic (exact) mass is 381 g/mol. The zero-order chi connectivity index (χ0) is 20.5. The SMILES string of the molecule is Cc1nn(C)c(C)c1-c1ccc(C=C2CCN(C(=O)OC(C)(C)C)CC2)cc1. The molecule has 5 heteroatoms. The van der Waals surface area contributed by atoms with Gasteiger partial charge in [0, 0.05) is 31.4 Å². The Morgan fingerprint density at radius 1 is 1.11 bits per heavy atom. The number of hydrogen-bond acceptors (Lipinski definition) is 3. The average molecular weight is 382 g/mol. The fourth-order valence-electron chi connectivity index (χ4n) is 3.62. The summed E-state index contributed by atoms with van der Waals surface area (Å²) in [7, 11) is 1.98. The Hall–Kier alpha value is -2.56. The lowest BCUT2D eigenvalue weighted by Crippen LogP contribution is -2.40. The molecule has 1 aliphatic heterocycles. The third kappa shape index (κ3) is 4.64. The van der Waals surface area contributed by atoms with Gasteiger partial charge < -0.3 is 9.64 Å². The van der Waals surface area contributed by atoms with Crippen LogP contribution in [-0.4, -0.2) is 39.5 Å². The summed E-state index contributed by atoms with van der Waals surface area (Å²) in [6.07, 6.45) is 3.82. The molecule has 3 rings (SSSR count). The number of aromatic nitrogens is 2. The number of aryl methyl sites for hydroxylation is 2. The van der Waals surface area contributed by atoms with Gasteiger partial charge in [0.2, 0.25) is 0 Å². The largest absolute Gasteiger partial charge is 0.444 e. The average Bonchev–Trinajstić information content (AvgIpc) is 2.87. The van der Waals surface area contributed by atoms with E-state index in [9.17, 15) is 4.79 Å². The second-order valence-electron chi connectivity index (χ2n) is 8.56. The Morgan fingerprint density at radius 3 is 2.21 bits per heavy atom. The van der Waals surface area contributed by atoms with E-state index >= 15 is 0 Å². The topological polar surface area (TPSA) is 47.4 Å². The number of benzene rings is 1. The van der Waals surface area contributed by atoms with E-state index in [-0.39, 0.29) is 6.09 Å². The highest BCUT2D eigenvalue weighted by Gasteiger charge is 2.24. The Labute approximate surface area is 168 Å². The number of hydrogen-bond donors (Lipinski definition) is 0. The maximum atomic E-state index is 12.2. The molecule has 0 atom stereocenters. The van der Waals surface area contributed by atoms with Crippen LogP contribution in [0.5, 0.6) is 0 Å². The molecule has 0 N–H and O–H groups in total. The van der Waals surface area contributed by atoms with Gasteiger partial charge in [0.15, 0.2) is 0 Å². The zero-order valence-corrected chi connectivity index (χ0v) is 17.9. The number of rotatable bonds is 2. The molecule has 0 saturated carbocycles. The van der Waals surface area contributed by atoms with Gasteiger partial charge in [-0.2, -0.15) is 5.10 Å². The Morgan fingerprint density at radius 2 is 1.71 bits per heavy atom. The predicted molar refractivity (Wildman–Crippen MR) is 113 cm³/mol. The number of ether oxygens (including phenoxy) is 1. The first-order valence-electron chi connectivity index (χ1n) is 9.92. The van der Waals surface area contributed by atoms with Crippen LogP contribution in [0, 0.1) is 13.8 Å². The van der Waals surface area contributed by atoms with Crippen molar-refractivity contribution < 1.29 is 9.53 Å². The van der Waals surface area contributed by atoms with E-state index in [2.05, 4.69) is 49.3 Å². The first kappa shape index (κ1) is 20.2. The van der Waals surface area contributed by atoms with Gasteiger partial charge in [-0.3, -0.25) is 4.68 Å². The van der Waals surface area contributed by atoms with Crippen LogP contribution in [-0.2, 0) is 11.8 Å². The Kier molecular flexibility index (Phi) is 5.64. The molecule has 2 aromatic rings. The van der Waals surface area contributed by atoms with Crippen molar-refractivity contribution in [2.75, 3.05) is 13.1 Å². The lowest BCUT2D eigenvalue weighted by atomic mass is 9.98. The molecule has 0 radical (unpaired) electrons. The first-order valence-corrected chi connectivity index (χ1v) is 9.92. The molecule has 2 heterocycles. The molecule has 150 valence electrons. The third-order valence-electron chi connectivity index (χ3n) is 5.14. The van der Waals surface area contributed by atoms with Crippen molar-refractivity contribution in [1.82, 2.24) is 14.7 Å². The number of amides is 1. The van der Waals surface area contributed by atoms with Crippen LogP contribution in [0.1, 0.15) is 50.6 Å². The first-order chi connectivity index (χ1) is 13.1. The Balaban J connectivity index is 1.65. The highest BCUT2D eigenvalue weighted by molar-refractivity contribution is 5.71. The second-order valence-corrected chi connectivity index (χ2v) is 8.56. The normalized spacial score (nSPS) is 14.9. The molecular weight excluding hydrogens is 350 g/mol. The molecule has 0 aliphatic carbocycles. The fraction of sp³-hybridized carbons (Fsp3) is 0.478. The summed E-state index contributed by atoms with van der Waals surface area (Å²) in [5.41, 5.74) is 6.78. The van der Waals surface area contributed by atoms with Gasteiger partial charge in [0.05, 0.1) is 5.69 Å². The van der Waals surface area contributed by atoms with Crippen molar-refractivity contribution in [3.05, 3.63) is 46.8 Å². The van der Waals surface area contributed by atoms with Gasteiger partial charge in [0.1, 0.15) is 5.60 Å². The smallest absolute Gasteiger partial charge is 0.410 e. The van der Waals surface area contributed by atoms with Crippen LogP contribution in [0.4, 0.5) is 4.79 Å². The van der Waals surface area contributed by atoms with Crippen LogP contribution < -0.4 is 0 Å². The third-order valence-corrected chi connectivity index (χ3v) is 5.14. The zero-order valence-electron chi connectivity index (χ0n) is 17.9. The number of carbonyl (C=O) groups excluding carboxylic acids is 1. The molecule has 1 aliphatic rings. The van der Waals surface area contributed by atoms with Gasteiger partial charge in [-0.1, -0.05) is 35.9 Å². The van der Waals surface area contributed by atoms with E-state index in [1.165, 1.54) is 28.0 Å². The lowest BCUT2D eigenvalue weighted by Gasteiger charge is -2.31. The number of piperidine rings is 1. The van der Waals surface area contributed by atoms with Crippen LogP contribution in [0.15, 0.2) is 29.8 Å². The maximum Gasteiger partial charge on any atom is 0.410 e. The highest BCUT2D eigenvalue weighted by atomic mass is 16.6. The van der Waals surface area contributed by atoms with Crippen LogP contribution >= 0.6 is 0 Å². The summed E-state index contributed by atoms with van der Waals surface area (Å²) >= 11 is 0. The van der Waals surface area contributed by atoms with E-state index in [0.717, 1.165) is 18.5 Å². The summed E-state index contributed by atoms with van der Waals surface area (Å²) in [6.45, 7) is 11.3. The van der Waals surface area contributed by atoms with E-state index < -0.39 is 5.60 Å². The summed E-state index contributed by atoms with van der Waals surface area (Å²) in [4.78, 5) is 14.0. The molecule has 0 unspecified atom stereocenters. The molecule has 1 aromatic carbocycles. The molecule has 1 aromatic heterocycles. The quantitative estimate of drug-likeness (QED) is 0.725. The lowest BCUT2D eigenvalue weighted by molar-refractivity contribution is 0.0237. The fourth-order valence-corrected chi connectivity index (χ4v) is 3.62. The number of likely N-dealkylation sites (tertiary alicyclic amines) is 1. The number of carbonyl (C=O) groups is 1. The minimum atomic E-state index is -0.445. The van der Waals surface area contributed by atoms with Crippen molar-refractivity contribution in [3.8, 4) is 11.1 Å². The van der Waals surface area contributed by atoms with Gasteiger partial charge in [-0.15, -0.1) is 0 Å². The molecule has 28 heavy (non-hydrogen) atoms. The molecule has 0 spiro atoms. The highest BCUT2D eigenvalue weighted by Crippen LogP contribution is 2.28. The standard InChI is InChI=1S/C23H31N3O2/c1-16-21(17(2)25(6)24-16)20-9-7-18(8-10-20)15-19-11-13-26(14-12-19)22(27)28-23(3,4)5/h7-10,15H,11-14H2,1-6H3. The Bertz CT molecular complexity index is 876. The maximum absolute atomic E-state index is 12.2. The molecule has 1 saturated heterocycles. The molecule has 0 bridgehead atoms. The minimum absolute atomic E-state index is 0.210. The van der Waals surface area contributed by atoms with Crippen molar-refractivity contribution in [3.63, 3.8) is 0 Å². The minimum Gasteiger partial charge on any atom is -0.444 e. The van der Waals surface area contributed by atoms with Crippen LogP contribution in [0.2, 0.25) is 0 Å². The van der Waals surface area contributed by atoms with Crippen molar-refractivity contribution >= 4 is 12.2 Å². The van der Waals surface area contributed by atoms with E-state index in [0.29, 0.717) is 13.1 Å². The van der Waals surface area contributed by atoms with E-state index in [1.807, 2.05) is 32.5 Å². The van der Waals surface area contributed by atoms with E-state index in [4.69, 9.17) is 4.74 Å². The van der Waals surface area contributed by atoms with Crippen molar-refractivity contribution in [2.24, 2.45) is 7.05 Å². The van der Waals surface area contributed by atoms with Gasteiger partial charge in [-0.25, -0.2) is 4.79 Å².